The van der Waals surface area contributed by atoms with Crippen LogP contribution in [0.4, 0.5) is 0 Å². The highest BCUT2D eigenvalue weighted by molar-refractivity contribution is 7.16. The predicted octanol–water partition coefficient (Wildman–Crippen LogP) is 1.66. The van der Waals surface area contributed by atoms with Gasteiger partial charge in [0.2, 0.25) is 0 Å². The second kappa shape index (κ2) is 4.80. The van der Waals surface area contributed by atoms with Crippen LogP contribution in [0.5, 0.6) is 0 Å². The number of esters is 1. The van der Waals surface area contributed by atoms with Crippen LogP contribution in [0, 0.1) is 0 Å². The van der Waals surface area contributed by atoms with E-state index in [4.69, 9.17) is 4.74 Å². The SMILES string of the molecule is CCOC(=O)/C=C/c1ncnc2scnc12. The molecule has 2 aromatic rings. The summed E-state index contributed by atoms with van der Waals surface area (Å²) in [7, 11) is 0. The van der Waals surface area contributed by atoms with E-state index in [1.54, 1.807) is 18.5 Å². The van der Waals surface area contributed by atoms with E-state index in [9.17, 15) is 4.79 Å². The van der Waals surface area contributed by atoms with Crippen LogP contribution in [0.2, 0.25) is 0 Å². The average Bonchev–Trinajstić information content (AvgIpc) is 2.75. The van der Waals surface area contributed by atoms with Crippen molar-refractivity contribution in [3.63, 3.8) is 0 Å². The van der Waals surface area contributed by atoms with Gasteiger partial charge in [-0.25, -0.2) is 19.7 Å². The van der Waals surface area contributed by atoms with Crippen LogP contribution in [0.1, 0.15) is 12.6 Å². The maximum absolute atomic E-state index is 11.1. The summed E-state index contributed by atoms with van der Waals surface area (Å²) < 4.78 is 4.77. The summed E-state index contributed by atoms with van der Waals surface area (Å²) in [6.45, 7) is 2.12. The summed E-state index contributed by atoms with van der Waals surface area (Å²) in [5, 5.41) is 0. The summed E-state index contributed by atoms with van der Waals surface area (Å²) in [5.41, 5.74) is 3.02. The highest BCUT2D eigenvalue weighted by Gasteiger charge is 2.03. The lowest BCUT2D eigenvalue weighted by Gasteiger charge is -1.95. The van der Waals surface area contributed by atoms with Crippen LogP contribution in [-0.4, -0.2) is 27.5 Å². The van der Waals surface area contributed by atoms with E-state index in [-0.39, 0.29) is 5.97 Å². The first-order chi connectivity index (χ1) is 7.81. The molecule has 0 aliphatic carbocycles. The summed E-state index contributed by atoms with van der Waals surface area (Å²) in [6.07, 6.45) is 4.37. The minimum atomic E-state index is -0.385. The van der Waals surface area contributed by atoms with Gasteiger partial charge in [0.25, 0.3) is 0 Å². The third-order valence-electron chi connectivity index (χ3n) is 1.83. The van der Waals surface area contributed by atoms with Crippen molar-refractivity contribution in [2.45, 2.75) is 6.92 Å². The number of hydrogen-bond acceptors (Lipinski definition) is 6. The number of thiazole rings is 1. The molecule has 0 fully saturated rings. The third-order valence-corrected chi connectivity index (χ3v) is 2.56. The van der Waals surface area contributed by atoms with E-state index in [2.05, 4.69) is 15.0 Å². The topological polar surface area (TPSA) is 65.0 Å². The van der Waals surface area contributed by atoms with Crippen LogP contribution < -0.4 is 0 Å². The fourth-order valence-corrected chi connectivity index (χ4v) is 1.81. The van der Waals surface area contributed by atoms with Gasteiger partial charge >= 0.3 is 5.97 Å². The second-order valence-corrected chi connectivity index (χ2v) is 3.68. The molecule has 0 aliphatic heterocycles. The molecule has 0 radical (unpaired) electrons. The zero-order valence-electron chi connectivity index (χ0n) is 8.58. The first kappa shape index (κ1) is 10.7. The van der Waals surface area contributed by atoms with Gasteiger partial charge in [-0.2, -0.15) is 0 Å². The molecule has 0 saturated heterocycles. The molecular formula is C10H9N3O2S. The Kier molecular flexibility index (Phi) is 3.21. The van der Waals surface area contributed by atoms with Gasteiger partial charge in [-0.3, -0.25) is 0 Å². The molecule has 5 nitrogen and oxygen atoms in total. The number of ether oxygens (including phenoxy) is 1. The van der Waals surface area contributed by atoms with Gasteiger partial charge in [0.05, 0.1) is 17.8 Å². The molecule has 2 aromatic heterocycles. The Morgan fingerprint density at radius 3 is 3.19 bits per heavy atom. The van der Waals surface area contributed by atoms with Gasteiger partial charge in [0, 0.05) is 6.08 Å². The van der Waals surface area contributed by atoms with E-state index in [0.717, 1.165) is 4.83 Å². The van der Waals surface area contributed by atoms with E-state index < -0.39 is 0 Å². The van der Waals surface area contributed by atoms with Gasteiger partial charge in [-0.15, -0.1) is 11.3 Å². The Morgan fingerprint density at radius 1 is 1.50 bits per heavy atom. The van der Waals surface area contributed by atoms with E-state index in [1.165, 1.54) is 23.7 Å². The maximum Gasteiger partial charge on any atom is 0.330 e. The van der Waals surface area contributed by atoms with Crippen molar-refractivity contribution >= 4 is 33.7 Å². The van der Waals surface area contributed by atoms with Crippen molar-refractivity contribution in [2.75, 3.05) is 6.61 Å². The number of hydrogen-bond donors (Lipinski definition) is 0. The molecule has 0 N–H and O–H groups in total. The van der Waals surface area contributed by atoms with Crippen molar-refractivity contribution in [3.8, 4) is 0 Å². The third kappa shape index (κ3) is 2.22. The standard InChI is InChI=1S/C10H9N3O2S/c1-2-15-8(14)4-3-7-9-10(12-5-11-7)16-6-13-9/h3-6H,2H2,1H3/b4-3+. The largest absolute Gasteiger partial charge is 0.463 e. The number of aromatic nitrogens is 3. The second-order valence-electron chi connectivity index (χ2n) is 2.85. The lowest BCUT2D eigenvalue weighted by Crippen LogP contribution is -1.99. The molecule has 0 atom stereocenters. The highest BCUT2D eigenvalue weighted by atomic mass is 32.1. The molecule has 0 aliphatic rings. The van der Waals surface area contributed by atoms with Crippen LogP contribution in [0.15, 0.2) is 17.9 Å². The first-order valence-corrected chi connectivity index (χ1v) is 5.58. The first-order valence-electron chi connectivity index (χ1n) is 4.70. The smallest absolute Gasteiger partial charge is 0.330 e. The van der Waals surface area contributed by atoms with E-state index in [0.29, 0.717) is 17.8 Å². The molecular weight excluding hydrogens is 226 g/mol. The lowest BCUT2D eigenvalue weighted by molar-refractivity contribution is -0.137. The Labute approximate surface area is 95.8 Å². The van der Waals surface area contributed by atoms with E-state index >= 15 is 0 Å². The number of nitrogens with zero attached hydrogens (tertiary/aromatic N) is 3. The Balaban J connectivity index is 2.27. The van der Waals surface area contributed by atoms with Gasteiger partial charge in [0.1, 0.15) is 16.7 Å². The van der Waals surface area contributed by atoms with Crippen molar-refractivity contribution in [3.05, 3.63) is 23.6 Å². The molecule has 0 spiro atoms. The predicted molar refractivity (Wildman–Crippen MR) is 60.9 cm³/mol. The van der Waals surface area contributed by atoms with Crippen molar-refractivity contribution in [1.82, 2.24) is 15.0 Å². The van der Waals surface area contributed by atoms with Gasteiger partial charge in [0.15, 0.2) is 0 Å². The Bertz CT molecular complexity index is 536. The van der Waals surface area contributed by atoms with Crippen LogP contribution in [-0.2, 0) is 9.53 Å². The normalized spacial score (nSPS) is 11.1. The van der Waals surface area contributed by atoms with Crippen LogP contribution in [0.25, 0.3) is 16.4 Å². The molecule has 0 saturated carbocycles. The zero-order valence-corrected chi connectivity index (χ0v) is 9.40. The molecule has 2 rings (SSSR count). The Morgan fingerprint density at radius 2 is 2.38 bits per heavy atom. The van der Waals surface area contributed by atoms with E-state index in [1.807, 2.05) is 0 Å². The number of carbonyl (C=O) groups is 1. The summed E-state index contributed by atoms with van der Waals surface area (Å²) in [5.74, 6) is -0.385. The molecule has 0 aromatic carbocycles. The van der Waals surface area contributed by atoms with Crippen LogP contribution in [0.3, 0.4) is 0 Å². The summed E-state index contributed by atoms with van der Waals surface area (Å²) >= 11 is 1.43. The molecule has 82 valence electrons. The summed E-state index contributed by atoms with van der Waals surface area (Å²) in [6, 6.07) is 0. The van der Waals surface area contributed by atoms with Gasteiger partial charge in [-0.1, -0.05) is 0 Å². The maximum atomic E-state index is 11.1. The monoisotopic (exact) mass is 235 g/mol. The molecule has 0 bridgehead atoms. The number of carbonyl (C=O) groups excluding carboxylic acids is 1. The minimum absolute atomic E-state index is 0.360. The fourth-order valence-electron chi connectivity index (χ4n) is 1.17. The summed E-state index contributed by atoms with van der Waals surface area (Å²) in [4.78, 5) is 24.2. The molecule has 0 unspecified atom stereocenters. The van der Waals surface area contributed by atoms with Crippen LogP contribution >= 0.6 is 11.3 Å². The van der Waals surface area contributed by atoms with Crippen molar-refractivity contribution in [2.24, 2.45) is 0 Å². The average molecular weight is 235 g/mol. The molecule has 6 heteroatoms. The lowest BCUT2D eigenvalue weighted by atomic mass is 10.3. The van der Waals surface area contributed by atoms with Crippen molar-refractivity contribution in [1.29, 1.82) is 0 Å². The molecule has 2 heterocycles. The molecule has 16 heavy (non-hydrogen) atoms. The highest BCUT2D eigenvalue weighted by Crippen LogP contribution is 2.17. The van der Waals surface area contributed by atoms with Crippen molar-refractivity contribution < 1.29 is 9.53 Å². The quantitative estimate of drug-likeness (QED) is 0.598. The zero-order chi connectivity index (χ0) is 11.4. The number of fused-ring (bicyclic) bond motifs is 1. The minimum Gasteiger partial charge on any atom is -0.463 e. The van der Waals surface area contributed by atoms with Gasteiger partial charge < -0.3 is 4.74 Å². The van der Waals surface area contributed by atoms with Gasteiger partial charge in [-0.05, 0) is 13.0 Å². The Hall–Kier alpha value is -1.82. The fraction of sp³-hybridized carbons (Fsp3) is 0.200. The molecule has 0 amide bonds. The number of rotatable bonds is 3.